The predicted molar refractivity (Wildman–Crippen MR) is 172 cm³/mol. The van der Waals surface area contributed by atoms with Gasteiger partial charge in [0.2, 0.25) is 35.4 Å². The topological polar surface area (TPSA) is 176 Å². The largest absolute Gasteiger partial charge is 0.353 e. The Morgan fingerprint density at radius 1 is 0.479 bits per heavy atom. The molecule has 4 rings (SSSR count). The first-order chi connectivity index (χ1) is 22.0. The molecule has 15 nitrogen and oxygen atoms in total. The van der Waals surface area contributed by atoms with Gasteiger partial charge in [-0.3, -0.25) is 43.5 Å². The highest BCUT2D eigenvalue weighted by Gasteiger charge is 2.55. The van der Waals surface area contributed by atoms with Gasteiger partial charge in [-0.2, -0.15) is 0 Å². The van der Waals surface area contributed by atoms with E-state index >= 15 is 0 Å². The molecule has 0 radical (unpaired) electrons. The molecular formula is C33H54N6O9. The quantitative estimate of drug-likeness (QED) is 0.380. The molecule has 48 heavy (non-hydrogen) atoms. The predicted octanol–water partition coefficient (Wildman–Crippen LogP) is 0.313. The second-order valence-electron chi connectivity index (χ2n) is 15.6. The molecule has 270 valence electrons. The van der Waals surface area contributed by atoms with Crippen molar-refractivity contribution >= 4 is 35.4 Å². The molecule has 0 saturated carbocycles. The van der Waals surface area contributed by atoms with Gasteiger partial charge in [-0.25, -0.2) is 0 Å². The van der Waals surface area contributed by atoms with Crippen molar-refractivity contribution in [3.63, 3.8) is 0 Å². The normalized spacial score (nSPS) is 32.9. The first kappa shape index (κ1) is 37.5. The Bertz CT molecular complexity index is 1170. The van der Waals surface area contributed by atoms with Gasteiger partial charge >= 0.3 is 0 Å². The average molecular weight is 679 g/mol. The number of hydrogen-bond donors (Lipinski definition) is 3. The van der Waals surface area contributed by atoms with Crippen LogP contribution in [0.3, 0.4) is 0 Å². The smallest absolute Gasteiger partial charge is 0.248 e. The molecule has 0 bridgehead atoms. The van der Waals surface area contributed by atoms with Crippen LogP contribution in [-0.2, 0) is 43.0 Å². The molecule has 4 aliphatic heterocycles. The Hall–Kier alpha value is -3.30. The van der Waals surface area contributed by atoms with Crippen molar-refractivity contribution < 1.29 is 43.0 Å². The van der Waals surface area contributed by atoms with Crippen molar-refractivity contribution in [2.24, 2.45) is 17.8 Å². The third kappa shape index (κ3) is 6.77. The lowest BCUT2D eigenvalue weighted by molar-refractivity contribution is -0.158. The van der Waals surface area contributed by atoms with Crippen molar-refractivity contribution in [3.05, 3.63) is 0 Å². The molecule has 15 heteroatoms. The Morgan fingerprint density at radius 2 is 0.688 bits per heavy atom. The molecule has 0 aromatic carbocycles. The van der Waals surface area contributed by atoms with Gasteiger partial charge in [0.15, 0.2) is 0 Å². The molecule has 0 aromatic heterocycles. The van der Waals surface area contributed by atoms with Gasteiger partial charge in [0.1, 0.15) is 53.4 Å². The van der Waals surface area contributed by atoms with Crippen molar-refractivity contribution in [1.82, 2.24) is 30.7 Å². The summed E-state index contributed by atoms with van der Waals surface area (Å²) in [5, 5.41) is 8.51. The standard InChI is InChI=1S/C33H54N6O9/c1-16(2)22-28(43)37-20(14-46-31(37,7)8)26(41)35-24(18(5)6)30(45)39-21(15-48-33(39,11)12)27(42)36-23(17(3)4)29(44)38-19(25(40)34-22)13-47-32(38,9)10/h16-24H,13-15H2,1-12H3,(H,34,40)(H,35,41)(H,36,42)/t19-,20-,21-,22-,23-,24-/m0/s1. The fraction of sp³-hybridized carbons (Fsp3) is 0.818. The second-order valence-corrected chi connectivity index (χ2v) is 15.6. The van der Waals surface area contributed by atoms with Crippen LogP contribution in [0.25, 0.3) is 0 Å². The van der Waals surface area contributed by atoms with Crippen LogP contribution in [0.2, 0.25) is 0 Å². The molecule has 4 heterocycles. The maximum Gasteiger partial charge on any atom is 0.248 e. The number of fused-ring (bicyclic) bond motifs is 3. The van der Waals surface area contributed by atoms with E-state index < -0.39 is 107 Å². The summed E-state index contributed by atoms with van der Waals surface area (Å²) in [6, 6.07) is -6.67. The van der Waals surface area contributed by atoms with Gasteiger partial charge < -0.3 is 30.2 Å². The zero-order valence-electron chi connectivity index (χ0n) is 30.3. The van der Waals surface area contributed by atoms with Gasteiger partial charge in [0, 0.05) is 0 Å². The van der Waals surface area contributed by atoms with E-state index in [-0.39, 0.29) is 19.8 Å². The fourth-order valence-electron chi connectivity index (χ4n) is 6.98. The van der Waals surface area contributed by atoms with Gasteiger partial charge in [-0.15, -0.1) is 0 Å². The summed E-state index contributed by atoms with van der Waals surface area (Å²) < 4.78 is 17.8. The van der Waals surface area contributed by atoms with E-state index in [2.05, 4.69) is 16.0 Å². The summed E-state index contributed by atoms with van der Waals surface area (Å²) in [6.45, 7) is 20.1. The minimum absolute atomic E-state index is 0.144. The van der Waals surface area contributed by atoms with Crippen molar-refractivity contribution in [3.8, 4) is 0 Å². The Kier molecular flexibility index (Phi) is 10.3. The van der Waals surface area contributed by atoms with E-state index in [0.29, 0.717) is 0 Å². The van der Waals surface area contributed by atoms with E-state index in [0.717, 1.165) is 0 Å². The van der Waals surface area contributed by atoms with Crippen LogP contribution >= 0.6 is 0 Å². The number of ether oxygens (including phenoxy) is 3. The SMILES string of the molecule is CC(C)[C@@H]1NC(=O)[C@@H]2COC(C)(C)N2C(=O)[C@H](C(C)C)NC(=O)[C@@H]2COC(C)(C)N2C(=O)[C@H](C(C)C)NC(=O)[C@@H]2COC(C)(C)N2C1=O. The van der Waals surface area contributed by atoms with Crippen LogP contribution in [0.5, 0.6) is 0 Å². The van der Waals surface area contributed by atoms with Crippen LogP contribution in [0, 0.1) is 17.8 Å². The van der Waals surface area contributed by atoms with E-state index in [1.807, 2.05) is 0 Å². The number of hydrogen-bond acceptors (Lipinski definition) is 9. The molecule has 6 atom stereocenters. The summed E-state index contributed by atoms with van der Waals surface area (Å²) in [7, 11) is 0. The number of carbonyl (C=O) groups excluding carboxylic acids is 6. The third-order valence-corrected chi connectivity index (χ3v) is 9.77. The highest BCUT2D eigenvalue weighted by atomic mass is 16.5. The minimum atomic E-state index is -1.23. The summed E-state index contributed by atoms with van der Waals surface area (Å²) in [5.74, 6) is -4.76. The summed E-state index contributed by atoms with van der Waals surface area (Å²) >= 11 is 0. The third-order valence-electron chi connectivity index (χ3n) is 9.77. The number of nitrogens with zero attached hydrogens (tertiary/aromatic N) is 3. The first-order valence-electron chi connectivity index (χ1n) is 16.9. The van der Waals surface area contributed by atoms with Crippen LogP contribution in [0.1, 0.15) is 83.1 Å². The molecule has 4 saturated heterocycles. The molecule has 3 N–H and O–H groups in total. The number of nitrogens with one attached hydrogen (secondary N) is 3. The number of rotatable bonds is 3. The molecular weight excluding hydrogens is 624 g/mol. The molecule has 0 spiro atoms. The van der Waals surface area contributed by atoms with Crippen LogP contribution in [-0.4, -0.2) is 123 Å². The lowest BCUT2D eigenvalue weighted by Gasteiger charge is -2.40. The van der Waals surface area contributed by atoms with Gasteiger partial charge in [0.25, 0.3) is 0 Å². The van der Waals surface area contributed by atoms with Gasteiger partial charge in [-0.05, 0) is 59.3 Å². The molecule has 0 unspecified atom stereocenters. The zero-order chi connectivity index (χ0) is 36.3. The average Bonchev–Trinajstić information content (AvgIpc) is 3.58. The van der Waals surface area contributed by atoms with Crippen molar-refractivity contribution in [2.45, 2.75) is 137 Å². The number of amides is 6. The van der Waals surface area contributed by atoms with Gasteiger partial charge in [0.05, 0.1) is 19.8 Å². The summed E-state index contributed by atoms with van der Waals surface area (Å²) in [4.78, 5) is 89.0. The number of carbonyl (C=O) groups is 6. The van der Waals surface area contributed by atoms with E-state index in [4.69, 9.17) is 14.2 Å². The summed E-state index contributed by atoms with van der Waals surface area (Å²) in [5.41, 5.74) is -3.68. The Morgan fingerprint density at radius 3 is 0.875 bits per heavy atom. The monoisotopic (exact) mass is 678 g/mol. The maximum absolute atomic E-state index is 14.3. The Labute approximate surface area is 283 Å². The molecule has 6 amide bonds. The van der Waals surface area contributed by atoms with E-state index in [9.17, 15) is 28.8 Å². The lowest BCUT2D eigenvalue weighted by atomic mass is 9.97. The van der Waals surface area contributed by atoms with E-state index in [1.54, 1.807) is 83.1 Å². The Balaban J connectivity index is 1.87. The lowest BCUT2D eigenvalue weighted by Crippen LogP contribution is -2.66. The molecule has 4 aliphatic rings. The van der Waals surface area contributed by atoms with Crippen molar-refractivity contribution in [2.75, 3.05) is 19.8 Å². The second kappa shape index (κ2) is 13.2. The van der Waals surface area contributed by atoms with Crippen LogP contribution in [0.15, 0.2) is 0 Å². The van der Waals surface area contributed by atoms with E-state index in [1.165, 1.54) is 14.7 Å². The molecule has 4 fully saturated rings. The van der Waals surface area contributed by atoms with Crippen LogP contribution < -0.4 is 16.0 Å². The zero-order valence-corrected chi connectivity index (χ0v) is 30.3. The maximum atomic E-state index is 14.3. The highest BCUT2D eigenvalue weighted by molar-refractivity contribution is 5.99. The first-order valence-corrected chi connectivity index (χ1v) is 16.9. The molecule has 0 aromatic rings. The van der Waals surface area contributed by atoms with Gasteiger partial charge in [-0.1, -0.05) is 41.5 Å². The molecule has 0 aliphatic carbocycles. The fourth-order valence-corrected chi connectivity index (χ4v) is 6.98. The van der Waals surface area contributed by atoms with Crippen LogP contribution in [0.4, 0.5) is 0 Å². The minimum Gasteiger partial charge on any atom is -0.353 e. The van der Waals surface area contributed by atoms with Crippen molar-refractivity contribution in [1.29, 1.82) is 0 Å². The summed E-state index contributed by atoms with van der Waals surface area (Å²) in [6.07, 6.45) is 0. The highest BCUT2D eigenvalue weighted by Crippen LogP contribution is 2.34.